The van der Waals surface area contributed by atoms with Crippen molar-refractivity contribution in [2.24, 2.45) is 0 Å². The van der Waals surface area contributed by atoms with Crippen molar-refractivity contribution in [2.45, 2.75) is 32.4 Å². The molecule has 5 heteroatoms. The van der Waals surface area contributed by atoms with Crippen LogP contribution in [0.2, 0.25) is 0 Å². The number of rotatable bonds is 5. The van der Waals surface area contributed by atoms with Crippen molar-refractivity contribution < 1.29 is 9.72 Å². The molecule has 0 aliphatic carbocycles. The van der Waals surface area contributed by atoms with Crippen LogP contribution in [0, 0.1) is 17.0 Å². The van der Waals surface area contributed by atoms with Gasteiger partial charge in [-0.05, 0) is 24.6 Å². The van der Waals surface area contributed by atoms with E-state index in [9.17, 15) is 14.9 Å². The minimum Gasteiger partial charge on any atom is -0.338 e. The summed E-state index contributed by atoms with van der Waals surface area (Å²) in [6.07, 6.45) is 0. The molecule has 1 atom stereocenters. The highest BCUT2D eigenvalue weighted by Gasteiger charge is 2.42. The number of nitrogens with one attached hydrogen (secondary N) is 1. The van der Waals surface area contributed by atoms with Crippen LogP contribution >= 0.6 is 0 Å². The zero-order valence-corrected chi connectivity index (χ0v) is 13.4. The molecule has 0 heterocycles. The van der Waals surface area contributed by atoms with Gasteiger partial charge in [-0.3, -0.25) is 14.9 Å². The number of nitrogens with zero attached hydrogens (tertiary/aromatic N) is 1. The minimum absolute atomic E-state index is 0.328. The second-order valence-corrected chi connectivity index (χ2v) is 6.09. The van der Waals surface area contributed by atoms with Gasteiger partial charge in [0.25, 0.3) is 5.91 Å². The fourth-order valence-electron chi connectivity index (χ4n) is 2.34. The standard InChI is InChI=1S/C18H20N2O3/c1-13-9-11-14(12-10-13)16(18(2,3)20(22)23)19-17(21)15-7-5-4-6-8-15/h4-12,16H,1-3H3,(H,19,21). The van der Waals surface area contributed by atoms with Gasteiger partial charge in [-0.1, -0.05) is 48.0 Å². The summed E-state index contributed by atoms with van der Waals surface area (Å²) in [4.78, 5) is 23.5. The van der Waals surface area contributed by atoms with Gasteiger partial charge < -0.3 is 5.32 Å². The van der Waals surface area contributed by atoms with Crippen molar-refractivity contribution >= 4 is 5.91 Å². The second kappa shape index (κ2) is 6.60. The van der Waals surface area contributed by atoms with Gasteiger partial charge in [-0.25, -0.2) is 0 Å². The molecule has 0 fully saturated rings. The first-order valence-corrected chi connectivity index (χ1v) is 7.39. The predicted molar refractivity (Wildman–Crippen MR) is 88.9 cm³/mol. The Labute approximate surface area is 135 Å². The van der Waals surface area contributed by atoms with Crippen LogP contribution in [-0.2, 0) is 0 Å². The molecule has 0 aliphatic rings. The van der Waals surface area contributed by atoms with Crippen molar-refractivity contribution in [1.82, 2.24) is 5.32 Å². The van der Waals surface area contributed by atoms with E-state index in [1.54, 1.807) is 24.3 Å². The van der Waals surface area contributed by atoms with E-state index in [4.69, 9.17) is 0 Å². The first-order chi connectivity index (χ1) is 10.8. The number of aryl methyl sites for hydroxylation is 1. The Balaban J connectivity index is 2.36. The Morgan fingerprint density at radius 3 is 2.17 bits per heavy atom. The summed E-state index contributed by atoms with van der Waals surface area (Å²) < 4.78 is 0. The van der Waals surface area contributed by atoms with E-state index in [1.165, 1.54) is 13.8 Å². The lowest BCUT2D eigenvalue weighted by atomic mass is 9.88. The Morgan fingerprint density at radius 1 is 1.09 bits per heavy atom. The van der Waals surface area contributed by atoms with Gasteiger partial charge in [0.05, 0.1) is 0 Å². The molecule has 0 spiro atoms. The van der Waals surface area contributed by atoms with Gasteiger partial charge >= 0.3 is 0 Å². The fourth-order valence-corrected chi connectivity index (χ4v) is 2.34. The first kappa shape index (κ1) is 16.7. The molecule has 0 saturated heterocycles. The second-order valence-electron chi connectivity index (χ2n) is 6.09. The first-order valence-electron chi connectivity index (χ1n) is 7.39. The van der Waals surface area contributed by atoms with E-state index in [-0.39, 0.29) is 10.8 Å². The molecule has 0 radical (unpaired) electrons. The highest BCUT2D eigenvalue weighted by molar-refractivity contribution is 5.94. The average Bonchev–Trinajstić information content (AvgIpc) is 2.54. The summed E-state index contributed by atoms with van der Waals surface area (Å²) in [5.41, 5.74) is 0.908. The normalized spacial score (nSPS) is 12.5. The molecule has 0 saturated carbocycles. The van der Waals surface area contributed by atoms with E-state index in [2.05, 4.69) is 5.32 Å². The Bertz CT molecular complexity index is 694. The molecular weight excluding hydrogens is 292 g/mol. The zero-order valence-electron chi connectivity index (χ0n) is 13.4. The van der Waals surface area contributed by atoms with Gasteiger partial charge in [-0.15, -0.1) is 0 Å². The summed E-state index contributed by atoms with van der Waals surface area (Å²) >= 11 is 0. The molecule has 2 rings (SSSR count). The lowest BCUT2D eigenvalue weighted by Crippen LogP contribution is -2.47. The summed E-state index contributed by atoms with van der Waals surface area (Å²) in [6.45, 7) is 4.98. The molecule has 0 aromatic heterocycles. The molecule has 120 valence electrons. The predicted octanol–water partition coefficient (Wildman–Crippen LogP) is 3.52. The molecule has 1 amide bonds. The summed E-state index contributed by atoms with van der Waals surface area (Å²) in [5.74, 6) is -0.328. The quantitative estimate of drug-likeness (QED) is 0.678. The molecule has 5 nitrogen and oxygen atoms in total. The lowest BCUT2D eigenvalue weighted by Gasteiger charge is -2.28. The van der Waals surface area contributed by atoms with Gasteiger partial charge in [0.2, 0.25) is 5.54 Å². The molecule has 23 heavy (non-hydrogen) atoms. The van der Waals surface area contributed by atoms with Crippen molar-refractivity contribution in [1.29, 1.82) is 0 Å². The van der Waals surface area contributed by atoms with Crippen LogP contribution in [0.3, 0.4) is 0 Å². The monoisotopic (exact) mass is 312 g/mol. The maximum Gasteiger partial charge on any atom is 0.252 e. The fraction of sp³-hybridized carbons (Fsp3) is 0.278. The van der Waals surface area contributed by atoms with Crippen molar-refractivity contribution in [2.75, 3.05) is 0 Å². The smallest absolute Gasteiger partial charge is 0.252 e. The van der Waals surface area contributed by atoms with Crippen molar-refractivity contribution in [3.63, 3.8) is 0 Å². The van der Waals surface area contributed by atoms with Crippen LogP contribution in [0.15, 0.2) is 54.6 Å². The number of nitro groups is 1. The molecular formula is C18H20N2O3. The Kier molecular flexibility index (Phi) is 4.79. The number of carbonyl (C=O) groups is 1. The van der Waals surface area contributed by atoms with Crippen molar-refractivity contribution in [3.8, 4) is 0 Å². The zero-order chi connectivity index (χ0) is 17.0. The van der Waals surface area contributed by atoms with E-state index in [0.717, 1.165) is 5.56 Å². The number of benzene rings is 2. The number of carbonyl (C=O) groups excluding carboxylic acids is 1. The van der Waals surface area contributed by atoms with Crippen LogP contribution in [0.4, 0.5) is 0 Å². The lowest BCUT2D eigenvalue weighted by molar-refractivity contribution is -0.566. The SMILES string of the molecule is Cc1ccc(C(NC(=O)c2ccccc2)C(C)(C)[N+](=O)[O-])cc1. The number of hydrogen-bond acceptors (Lipinski definition) is 3. The van der Waals surface area contributed by atoms with Gasteiger partial charge in [0.1, 0.15) is 6.04 Å². The molecule has 1 unspecified atom stereocenters. The van der Waals surface area contributed by atoms with Gasteiger partial charge in [-0.2, -0.15) is 0 Å². The highest BCUT2D eigenvalue weighted by atomic mass is 16.6. The largest absolute Gasteiger partial charge is 0.338 e. The van der Waals surface area contributed by atoms with Gasteiger partial charge in [0, 0.05) is 24.3 Å². The maximum atomic E-state index is 12.4. The van der Waals surface area contributed by atoms with E-state index < -0.39 is 11.6 Å². The number of amides is 1. The summed E-state index contributed by atoms with van der Waals surface area (Å²) in [6, 6.07) is 15.4. The average molecular weight is 312 g/mol. The highest BCUT2D eigenvalue weighted by Crippen LogP contribution is 2.29. The van der Waals surface area contributed by atoms with Crippen molar-refractivity contribution in [3.05, 3.63) is 81.4 Å². The maximum absolute atomic E-state index is 12.4. The molecule has 0 bridgehead atoms. The molecule has 0 aliphatic heterocycles. The third-order valence-corrected chi connectivity index (χ3v) is 3.90. The van der Waals surface area contributed by atoms with E-state index in [0.29, 0.717) is 11.1 Å². The van der Waals surface area contributed by atoms with E-state index in [1.807, 2.05) is 37.3 Å². The number of hydrogen-bond donors (Lipinski definition) is 1. The summed E-state index contributed by atoms with van der Waals surface area (Å²) in [7, 11) is 0. The van der Waals surface area contributed by atoms with Gasteiger partial charge in [0.15, 0.2) is 0 Å². The van der Waals surface area contributed by atoms with Crippen LogP contribution in [0.5, 0.6) is 0 Å². The minimum atomic E-state index is -1.33. The van der Waals surface area contributed by atoms with Crippen LogP contribution in [-0.4, -0.2) is 16.4 Å². The van der Waals surface area contributed by atoms with Crippen LogP contribution < -0.4 is 5.32 Å². The van der Waals surface area contributed by atoms with E-state index >= 15 is 0 Å². The topological polar surface area (TPSA) is 72.2 Å². The van der Waals surface area contributed by atoms with Crippen LogP contribution in [0.25, 0.3) is 0 Å². The molecule has 2 aromatic rings. The molecule has 2 aromatic carbocycles. The Hall–Kier alpha value is -2.69. The molecule has 1 N–H and O–H groups in total. The van der Waals surface area contributed by atoms with Crippen LogP contribution in [0.1, 0.15) is 41.4 Å². The Morgan fingerprint density at radius 2 is 1.65 bits per heavy atom. The summed E-state index contributed by atoms with van der Waals surface area (Å²) in [5, 5.41) is 14.3. The third-order valence-electron chi connectivity index (χ3n) is 3.90. The third kappa shape index (κ3) is 3.74.